The standard InChI is InChI=1S/C12H18N2O3S/c1-8(2)6-14(5-4-11(15)16)12(17)10-7-18-13-9(10)3/h7-8H,4-6H2,1-3H3,(H,15,16). The number of aromatic nitrogens is 1. The van der Waals surface area contributed by atoms with Crippen molar-refractivity contribution < 1.29 is 14.7 Å². The van der Waals surface area contributed by atoms with Gasteiger partial charge in [0.1, 0.15) is 0 Å². The van der Waals surface area contributed by atoms with Gasteiger partial charge in [-0.3, -0.25) is 9.59 Å². The molecule has 1 amide bonds. The molecular weight excluding hydrogens is 252 g/mol. The number of nitrogens with zero attached hydrogens (tertiary/aromatic N) is 2. The fraction of sp³-hybridized carbons (Fsp3) is 0.583. The molecular formula is C12H18N2O3S. The molecule has 0 aromatic carbocycles. The number of carbonyl (C=O) groups is 2. The Morgan fingerprint density at radius 3 is 2.61 bits per heavy atom. The molecule has 0 unspecified atom stereocenters. The molecule has 0 spiro atoms. The molecule has 0 fully saturated rings. The summed E-state index contributed by atoms with van der Waals surface area (Å²) < 4.78 is 4.07. The van der Waals surface area contributed by atoms with E-state index >= 15 is 0 Å². The van der Waals surface area contributed by atoms with Crippen molar-refractivity contribution in [3.05, 3.63) is 16.6 Å². The molecule has 1 rings (SSSR count). The number of aliphatic carboxylic acids is 1. The van der Waals surface area contributed by atoms with E-state index in [1.54, 1.807) is 17.2 Å². The minimum absolute atomic E-state index is 0.0327. The van der Waals surface area contributed by atoms with Crippen LogP contribution >= 0.6 is 11.5 Å². The number of carboxylic acid groups (broad SMARTS) is 1. The van der Waals surface area contributed by atoms with Gasteiger partial charge in [0, 0.05) is 18.5 Å². The van der Waals surface area contributed by atoms with Crippen LogP contribution in [0.25, 0.3) is 0 Å². The number of hydrogen-bond donors (Lipinski definition) is 1. The second-order valence-corrected chi connectivity index (χ2v) is 5.23. The van der Waals surface area contributed by atoms with Crippen molar-refractivity contribution in [2.24, 2.45) is 5.92 Å². The van der Waals surface area contributed by atoms with E-state index in [1.165, 1.54) is 11.5 Å². The van der Waals surface area contributed by atoms with E-state index < -0.39 is 5.97 Å². The highest BCUT2D eigenvalue weighted by atomic mass is 32.1. The summed E-state index contributed by atoms with van der Waals surface area (Å²) in [7, 11) is 0. The van der Waals surface area contributed by atoms with Gasteiger partial charge < -0.3 is 10.0 Å². The molecule has 6 heteroatoms. The summed E-state index contributed by atoms with van der Waals surface area (Å²) in [5.74, 6) is -0.720. The molecule has 1 N–H and O–H groups in total. The maximum atomic E-state index is 12.3. The lowest BCUT2D eigenvalue weighted by atomic mass is 10.1. The Hall–Kier alpha value is -1.43. The third-order valence-electron chi connectivity index (χ3n) is 2.45. The van der Waals surface area contributed by atoms with Gasteiger partial charge in [0.05, 0.1) is 17.7 Å². The predicted octanol–water partition coefficient (Wildman–Crippen LogP) is 2.02. The lowest BCUT2D eigenvalue weighted by molar-refractivity contribution is -0.137. The van der Waals surface area contributed by atoms with Gasteiger partial charge in [0.2, 0.25) is 0 Å². The fourth-order valence-corrected chi connectivity index (χ4v) is 2.30. The first-order valence-corrected chi connectivity index (χ1v) is 6.67. The minimum atomic E-state index is -0.892. The summed E-state index contributed by atoms with van der Waals surface area (Å²) in [6.07, 6.45) is -0.0327. The van der Waals surface area contributed by atoms with Crippen LogP contribution in [-0.2, 0) is 4.79 Å². The fourth-order valence-electron chi connectivity index (χ4n) is 1.62. The van der Waals surface area contributed by atoms with Crippen LogP contribution in [0.5, 0.6) is 0 Å². The van der Waals surface area contributed by atoms with E-state index in [-0.39, 0.29) is 18.9 Å². The quantitative estimate of drug-likeness (QED) is 0.858. The highest BCUT2D eigenvalue weighted by Gasteiger charge is 2.20. The van der Waals surface area contributed by atoms with Gasteiger partial charge in [-0.05, 0) is 24.4 Å². The first-order chi connectivity index (χ1) is 8.41. The predicted molar refractivity (Wildman–Crippen MR) is 69.8 cm³/mol. The van der Waals surface area contributed by atoms with Crippen molar-refractivity contribution in [1.29, 1.82) is 0 Å². The normalized spacial score (nSPS) is 10.7. The molecule has 0 aliphatic rings. The van der Waals surface area contributed by atoms with Gasteiger partial charge in [-0.1, -0.05) is 13.8 Å². The molecule has 1 aromatic rings. The zero-order valence-electron chi connectivity index (χ0n) is 10.8. The van der Waals surface area contributed by atoms with Gasteiger partial charge in [-0.15, -0.1) is 0 Å². The zero-order valence-corrected chi connectivity index (χ0v) is 11.7. The first kappa shape index (κ1) is 14.6. The van der Waals surface area contributed by atoms with Crippen LogP contribution < -0.4 is 0 Å². The summed E-state index contributed by atoms with van der Waals surface area (Å²) in [6, 6.07) is 0. The maximum Gasteiger partial charge on any atom is 0.305 e. The Morgan fingerprint density at radius 1 is 1.50 bits per heavy atom. The Balaban J connectivity index is 2.78. The van der Waals surface area contributed by atoms with E-state index in [2.05, 4.69) is 4.37 Å². The van der Waals surface area contributed by atoms with Crippen LogP contribution in [0.2, 0.25) is 0 Å². The van der Waals surface area contributed by atoms with Crippen molar-refractivity contribution in [1.82, 2.24) is 9.27 Å². The van der Waals surface area contributed by atoms with Crippen LogP contribution in [0.1, 0.15) is 36.3 Å². The van der Waals surface area contributed by atoms with E-state index in [9.17, 15) is 9.59 Å². The lowest BCUT2D eigenvalue weighted by Crippen LogP contribution is -2.36. The number of rotatable bonds is 6. The third-order valence-corrected chi connectivity index (χ3v) is 3.17. The molecule has 0 bridgehead atoms. The van der Waals surface area contributed by atoms with Crippen molar-refractivity contribution in [3.8, 4) is 0 Å². The summed E-state index contributed by atoms with van der Waals surface area (Å²) in [6.45, 7) is 6.58. The summed E-state index contributed by atoms with van der Waals surface area (Å²) in [5, 5.41) is 10.4. The second kappa shape index (κ2) is 6.49. The zero-order chi connectivity index (χ0) is 13.7. The average molecular weight is 270 g/mol. The SMILES string of the molecule is Cc1nscc1C(=O)N(CCC(=O)O)CC(C)C. The number of carboxylic acids is 1. The first-order valence-electron chi connectivity index (χ1n) is 5.83. The summed E-state index contributed by atoms with van der Waals surface area (Å²) in [5.41, 5.74) is 1.28. The molecule has 18 heavy (non-hydrogen) atoms. The van der Waals surface area contributed by atoms with Crippen LogP contribution in [0.4, 0.5) is 0 Å². The summed E-state index contributed by atoms with van der Waals surface area (Å²) in [4.78, 5) is 24.5. The molecule has 5 nitrogen and oxygen atoms in total. The second-order valence-electron chi connectivity index (χ2n) is 4.60. The van der Waals surface area contributed by atoms with Crippen molar-refractivity contribution in [2.45, 2.75) is 27.2 Å². The maximum absolute atomic E-state index is 12.3. The number of aryl methyl sites for hydroxylation is 1. The van der Waals surface area contributed by atoms with Gasteiger partial charge in [0.15, 0.2) is 0 Å². The number of amides is 1. The molecule has 0 atom stereocenters. The molecule has 0 aliphatic carbocycles. The molecule has 1 aromatic heterocycles. The smallest absolute Gasteiger partial charge is 0.305 e. The van der Waals surface area contributed by atoms with Gasteiger partial charge in [-0.25, -0.2) is 0 Å². The molecule has 0 saturated heterocycles. The Labute approximate surface area is 111 Å². The van der Waals surface area contributed by atoms with Crippen LogP contribution in [-0.4, -0.2) is 39.3 Å². The molecule has 0 saturated carbocycles. The van der Waals surface area contributed by atoms with Crippen LogP contribution in [0, 0.1) is 12.8 Å². The number of hydrogen-bond acceptors (Lipinski definition) is 4. The monoisotopic (exact) mass is 270 g/mol. The Morgan fingerprint density at radius 2 is 2.17 bits per heavy atom. The Bertz CT molecular complexity index is 429. The van der Waals surface area contributed by atoms with Crippen molar-refractivity contribution >= 4 is 23.4 Å². The van der Waals surface area contributed by atoms with E-state index in [0.717, 1.165) is 0 Å². The average Bonchev–Trinajstić information content (AvgIpc) is 2.69. The van der Waals surface area contributed by atoms with E-state index in [1.807, 2.05) is 13.8 Å². The third kappa shape index (κ3) is 4.10. The molecule has 0 radical (unpaired) electrons. The Kier molecular flexibility index (Phi) is 5.27. The van der Waals surface area contributed by atoms with Gasteiger partial charge in [0.25, 0.3) is 5.91 Å². The number of carbonyl (C=O) groups excluding carboxylic acids is 1. The topological polar surface area (TPSA) is 70.5 Å². The van der Waals surface area contributed by atoms with Crippen molar-refractivity contribution in [3.63, 3.8) is 0 Å². The highest BCUT2D eigenvalue weighted by Crippen LogP contribution is 2.14. The molecule has 0 aliphatic heterocycles. The van der Waals surface area contributed by atoms with Crippen LogP contribution in [0.3, 0.4) is 0 Å². The van der Waals surface area contributed by atoms with Crippen LogP contribution in [0.15, 0.2) is 5.38 Å². The highest BCUT2D eigenvalue weighted by molar-refractivity contribution is 7.03. The lowest BCUT2D eigenvalue weighted by Gasteiger charge is -2.23. The largest absolute Gasteiger partial charge is 0.481 e. The van der Waals surface area contributed by atoms with Gasteiger partial charge >= 0.3 is 5.97 Å². The minimum Gasteiger partial charge on any atom is -0.481 e. The molecule has 1 heterocycles. The van der Waals surface area contributed by atoms with E-state index in [0.29, 0.717) is 23.7 Å². The molecule has 100 valence electrons. The van der Waals surface area contributed by atoms with Crippen molar-refractivity contribution in [2.75, 3.05) is 13.1 Å². The van der Waals surface area contributed by atoms with Gasteiger partial charge in [-0.2, -0.15) is 4.37 Å². The van der Waals surface area contributed by atoms with E-state index in [4.69, 9.17) is 5.11 Å². The summed E-state index contributed by atoms with van der Waals surface area (Å²) >= 11 is 1.24.